The number of nitrogens with zero attached hydrogens (tertiary/aromatic N) is 2. The van der Waals surface area contributed by atoms with Gasteiger partial charge in [-0.1, -0.05) is 0 Å². The molecule has 0 fully saturated rings. The highest BCUT2D eigenvalue weighted by Gasteiger charge is 2.39. The summed E-state index contributed by atoms with van der Waals surface area (Å²) in [5.74, 6) is -0.940. The lowest BCUT2D eigenvalue weighted by atomic mass is 10.0. The molecule has 1 aliphatic rings. The average Bonchev–Trinajstić information content (AvgIpc) is 2.88. The number of anilines is 1. The van der Waals surface area contributed by atoms with Gasteiger partial charge in [0.25, 0.3) is 12.3 Å². The molecule has 12 heteroatoms. The first kappa shape index (κ1) is 21.1. The van der Waals surface area contributed by atoms with Crippen molar-refractivity contribution in [3.8, 4) is 5.75 Å². The number of pyridine rings is 1. The van der Waals surface area contributed by atoms with Crippen molar-refractivity contribution in [3.05, 3.63) is 35.9 Å². The van der Waals surface area contributed by atoms with Crippen LogP contribution in [-0.2, 0) is 17.1 Å². The number of aromatic nitrogens is 2. The Morgan fingerprint density at radius 1 is 1.48 bits per heavy atom. The van der Waals surface area contributed by atoms with Crippen LogP contribution in [0.5, 0.6) is 5.75 Å². The molecule has 3 N–H and O–H groups in total. The molecule has 29 heavy (non-hydrogen) atoms. The zero-order valence-electron chi connectivity index (χ0n) is 15.8. The van der Waals surface area contributed by atoms with Gasteiger partial charge in [-0.2, -0.15) is 0 Å². The average molecular weight is 430 g/mol. The standard InChI is InChI=1S/C17H20F2N4O5S/c1-17(2,25)12-8-28-14-11(29(26,27)22-12)7-23(3)13(14)16(24)21-9-4-5-20-10(6-9)15(18)19/h4-7,12,15,22,25H,8H2,1-3H3,(H,20,21,24). The smallest absolute Gasteiger partial charge is 0.280 e. The fourth-order valence-electron chi connectivity index (χ4n) is 2.81. The molecule has 9 nitrogen and oxygen atoms in total. The number of nitrogens with one attached hydrogen (secondary N) is 2. The molecular formula is C17H20F2N4O5S. The van der Waals surface area contributed by atoms with Crippen molar-refractivity contribution >= 4 is 21.6 Å². The molecule has 0 radical (unpaired) electrons. The van der Waals surface area contributed by atoms with E-state index in [4.69, 9.17) is 4.74 Å². The minimum absolute atomic E-state index is 0.0687. The zero-order valence-corrected chi connectivity index (χ0v) is 16.6. The van der Waals surface area contributed by atoms with Crippen LogP contribution < -0.4 is 14.8 Å². The minimum Gasteiger partial charge on any atom is -0.488 e. The Bertz CT molecular complexity index is 1050. The Labute approximate surface area is 165 Å². The van der Waals surface area contributed by atoms with E-state index in [-0.39, 0.29) is 28.6 Å². The summed E-state index contributed by atoms with van der Waals surface area (Å²) in [6.07, 6.45) is -0.478. The lowest BCUT2D eigenvalue weighted by Crippen LogP contribution is -2.51. The molecule has 0 saturated heterocycles. The van der Waals surface area contributed by atoms with Gasteiger partial charge in [0, 0.05) is 25.1 Å². The molecule has 2 aromatic heterocycles. The van der Waals surface area contributed by atoms with Gasteiger partial charge in [-0.15, -0.1) is 0 Å². The molecule has 0 bridgehead atoms. The maximum absolute atomic E-state index is 12.8. The summed E-state index contributed by atoms with van der Waals surface area (Å²) in [5.41, 5.74) is -1.97. The summed E-state index contributed by atoms with van der Waals surface area (Å²) in [7, 11) is -2.63. The van der Waals surface area contributed by atoms with Gasteiger partial charge in [0.1, 0.15) is 17.2 Å². The highest BCUT2D eigenvalue weighted by Crippen LogP contribution is 2.34. The summed E-state index contributed by atoms with van der Waals surface area (Å²) in [6, 6.07) is 1.40. The Kier molecular flexibility index (Phi) is 5.36. The van der Waals surface area contributed by atoms with E-state index in [2.05, 4.69) is 15.0 Å². The fourth-order valence-corrected chi connectivity index (χ4v) is 4.36. The normalized spacial score (nSPS) is 18.7. The van der Waals surface area contributed by atoms with Crippen LogP contribution >= 0.6 is 0 Å². The Morgan fingerprint density at radius 3 is 2.79 bits per heavy atom. The number of rotatable bonds is 4. The summed E-state index contributed by atoms with van der Waals surface area (Å²) < 4.78 is 60.2. The second-order valence-corrected chi connectivity index (χ2v) is 8.83. The molecule has 2 aromatic rings. The van der Waals surface area contributed by atoms with E-state index in [9.17, 15) is 27.1 Å². The largest absolute Gasteiger partial charge is 0.488 e. The highest BCUT2D eigenvalue weighted by atomic mass is 32.2. The third kappa shape index (κ3) is 4.23. The maximum Gasteiger partial charge on any atom is 0.280 e. The number of aliphatic hydroxyl groups is 1. The van der Waals surface area contributed by atoms with Gasteiger partial charge >= 0.3 is 0 Å². The quantitative estimate of drug-likeness (QED) is 0.674. The van der Waals surface area contributed by atoms with Crippen molar-refractivity contribution in [2.75, 3.05) is 11.9 Å². The lowest BCUT2D eigenvalue weighted by Gasteiger charge is -2.27. The number of carbonyl (C=O) groups is 1. The molecule has 1 unspecified atom stereocenters. The summed E-state index contributed by atoms with van der Waals surface area (Å²) >= 11 is 0. The fraction of sp³-hybridized carbons (Fsp3) is 0.412. The number of alkyl halides is 2. The Hall–Kier alpha value is -2.57. The molecule has 3 rings (SSSR count). The van der Waals surface area contributed by atoms with Crippen LogP contribution in [0.3, 0.4) is 0 Å². The topological polar surface area (TPSA) is 123 Å². The van der Waals surface area contributed by atoms with E-state index in [1.807, 2.05) is 0 Å². The number of fused-ring (bicyclic) bond motifs is 1. The molecule has 0 aliphatic carbocycles. The Morgan fingerprint density at radius 2 is 2.17 bits per heavy atom. The summed E-state index contributed by atoms with van der Waals surface area (Å²) in [6.45, 7) is 2.64. The first-order valence-electron chi connectivity index (χ1n) is 8.52. The first-order chi connectivity index (χ1) is 13.4. The first-order valence-corrected chi connectivity index (χ1v) is 10.0. The van der Waals surface area contributed by atoms with Crippen LogP contribution in [0.1, 0.15) is 36.5 Å². The third-order valence-corrected chi connectivity index (χ3v) is 5.88. The minimum atomic E-state index is -4.08. The van der Waals surface area contributed by atoms with Crippen LogP contribution in [0.2, 0.25) is 0 Å². The summed E-state index contributed by atoms with van der Waals surface area (Å²) in [5, 5.41) is 12.6. The van der Waals surface area contributed by atoms with Gasteiger partial charge in [0.15, 0.2) is 11.4 Å². The second kappa shape index (κ2) is 7.35. The molecule has 3 heterocycles. The van der Waals surface area contributed by atoms with E-state index >= 15 is 0 Å². The van der Waals surface area contributed by atoms with Gasteiger partial charge in [-0.05, 0) is 26.0 Å². The molecule has 1 atom stereocenters. The number of halogens is 2. The van der Waals surface area contributed by atoms with E-state index in [0.717, 1.165) is 12.3 Å². The predicted octanol–water partition coefficient (Wildman–Crippen LogP) is 1.42. The van der Waals surface area contributed by atoms with Crippen molar-refractivity contribution in [1.82, 2.24) is 14.3 Å². The van der Waals surface area contributed by atoms with E-state index in [1.54, 1.807) is 0 Å². The van der Waals surface area contributed by atoms with Gasteiger partial charge in [-0.3, -0.25) is 9.78 Å². The van der Waals surface area contributed by atoms with Gasteiger partial charge in [0.2, 0.25) is 10.0 Å². The maximum atomic E-state index is 12.8. The van der Waals surface area contributed by atoms with Crippen LogP contribution in [0.25, 0.3) is 0 Å². The molecule has 1 aliphatic heterocycles. The van der Waals surface area contributed by atoms with Crippen LogP contribution in [0.4, 0.5) is 14.5 Å². The van der Waals surface area contributed by atoms with Gasteiger partial charge in [0.05, 0.1) is 11.6 Å². The number of ether oxygens (including phenoxy) is 1. The van der Waals surface area contributed by atoms with Crippen molar-refractivity contribution in [3.63, 3.8) is 0 Å². The van der Waals surface area contributed by atoms with Gasteiger partial charge < -0.3 is 19.7 Å². The second-order valence-electron chi connectivity index (χ2n) is 7.14. The van der Waals surface area contributed by atoms with E-state index in [0.29, 0.717) is 0 Å². The Balaban J connectivity index is 1.96. The molecule has 158 valence electrons. The van der Waals surface area contributed by atoms with Crippen molar-refractivity contribution in [2.45, 2.75) is 36.8 Å². The molecule has 0 saturated carbocycles. The molecule has 0 aromatic carbocycles. The number of carbonyl (C=O) groups excluding carboxylic acids is 1. The number of hydrogen-bond donors (Lipinski definition) is 3. The van der Waals surface area contributed by atoms with Crippen LogP contribution in [0, 0.1) is 0 Å². The van der Waals surface area contributed by atoms with Crippen LogP contribution in [0.15, 0.2) is 29.4 Å². The number of aryl methyl sites for hydroxylation is 1. The SMILES string of the molecule is Cn1cc2c(c1C(=O)Nc1ccnc(C(F)F)c1)OCC(C(C)(C)O)NS2(=O)=O. The lowest BCUT2D eigenvalue weighted by molar-refractivity contribution is 0.0288. The predicted molar refractivity (Wildman–Crippen MR) is 98.5 cm³/mol. The van der Waals surface area contributed by atoms with Gasteiger partial charge in [-0.25, -0.2) is 21.9 Å². The monoisotopic (exact) mass is 430 g/mol. The molecular weight excluding hydrogens is 410 g/mol. The van der Waals surface area contributed by atoms with E-state index in [1.165, 1.54) is 37.7 Å². The molecule has 0 spiro atoms. The number of hydrogen-bond acceptors (Lipinski definition) is 6. The summed E-state index contributed by atoms with van der Waals surface area (Å²) in [4.78, 5) is 16.0. The van der Waals surface area contributed by atoms with E-state index < -0.39 is 39.7 Å². The van der Waals surface area contributed by atoms with Crippen molar-refractivity contribution < 1.29 is 31.8 Å². The van der Waals surface area contributed by atoms with Crippen molar-refractivity contribution in [2.24, 2.45) is 7.05 Å². The number of amides is 1. The number of sulfonamides is 1. The third-order valence-electron chi connectivity index (χ3n) is 4.41. The van der Waals surface area contributed by atoms with Crippen LogP contribution in [-0.4, -0.2) is 47.2 Å². The van der Waals surface area contributed by atoms with Crippen molar-refractivity contribution in [1.29, 1.82) is 0 Å². The highest BCUT2D eigenvalue weighted by molar-refractivity contribution is 7.89. The zero-order chi connectivity index (χ0) is 21.6. The molecule has 1 amide bonds.